The van der Waals surface area contributed by atoms with Gasteiger partial charge in [0.15, 0.2) is 0 Å². The number of rotatable bonds is 7. The van der Waals surface area contributed by atoms with E-state index in [9.17, 15) is 23.2 Å². The summed E-state index contributed by atoms with van der Waals surface area (Å²) in [4.78, 5) is 43.0. The zero-order valence-corrected chi connectivity index (χ0v) is 21.2. The fourth-order valence-corrected chi connectivity index (χ4v) is 5.70. The van der Waals surface area contributed by atoms with Crippen LogP contribution in [0.15, 0.2) is 85.1 Å². The highest BCUT2D eigenvalue weighted by atomic mass is 19.1. The molecule has 0 saturated heterocycles. The number of nitrogens with two attached hydrogens (primary N) is 1. The number of aromatic nitrogens is 1. The molecule has 2 heterocycles. The minimum Gasteiger partial charge on any atom is -0.366 e. The van der Waals surface area contributed by atoms with Crippen molar-refractivity contribution in [3.63, 3.8) is 0 Å². The van der Waals surface area contributed by atoms with E-state index in [0.29, 0.717) is 40.1 Å². The minimum absolute atomic E-state index is 0.0302. The second kappa shape index (κ2) is 9.68. The summed E-state index contributed by atoms with van der Waals surface area (Å²) in [6.45, 7) is 0. The van der Waals surface area contributed by atoms with Crippen LogP contribution in [-0.2, 0) is 21.4 Å². The number of para-hydroxylation sites is 1. The zero-order valence-electron chi connectivity index (χ0n) is 21.2. The van der Waals surface area contributed by atoms with E-state index >= 15 is 0 Å². The Morgan fingerprint density at radius 3 is 2.58 bits per heavy atom. The largest absolute Gasteiger partial charge is 0.366 e. The van der Waals surface area contributed by atoms with E-state index in [1.165, 1.54) is 12.1 Å². The Morgan fingerprint density at radius 2 is 1.80 bits per heavy atom. The van der Waals surface area contributed by atoms with Gasteiger partial charge in [0.1, 0.15) is 11.6 Å². The number of anilines is 1. The maximum atomic E-state index is 14.1. The second-order valence-electron chi connectivity index (χ2n) is 10.2. The molecular weight excluding hydrogens is 514 g/mol. The SMILES string of the molecule is NC(=O)c1cccc(-c2cccnc2[C@H](Cc2cc(F)cc(F)c2)NC(=O)C2CC23C(=O)Nc2ccccc23)c1. The van der Waals surface area contributed by atoms with Gasteiger partial charge in [0.2, 0.25) is 17.7 Å². The Bertz CT molecular complexity index is 1670. The molecule has 0 radical (unpaired) electrons. The molecule has 1 aliphatic carbocycles. The molecule has 4 aromatic rings. The van der Waals surface area contributed by atoms with Crippen molar-refractivity contribution in [2.75, 3.05) is 5.32 Å². The molecule has 1 spiro atoms. The standard InChI is InChI=1S/C31H24F2N4O3/c32-20-11-17(12-21(33)15-20)13-26(27-22(7-4-10-35-27)18-5-3-6-19(14-18)28(34)38)36-29(39)24-16-31(24)23-8-1-2-9-25(23)37-30(31)40/h1-12,14-15,24,26H,13,16H2,(H2,34,38)(H,36,39)(H,37,40)/t24?,26-,31?/m0/s1. The highest BCUT2D eigenvalue weighted by Crippen LogP contribution is 2.60. The monoisotopic (exact) mass is 538 g/mol. The van der Waals surface area contributed by atoms with E-state index < -0.39 is 34.9 Å². The van der Waals surface area contributed by atoms with Gasteiger partial charge < -0.3 is 16.4 Å². The van der Waals surface area contributed by atoms with Gasteiger partial charge in [0.05, 0.1) is 23.1 Å². The lowest BCUT2D eigenvalue weighted by Gasteiger charge is -2.22. The van der Waals surface area contributed by atoms with E-state index in [1.807, 2.05) is 18.2 Å². The molecule has 0 bridgehead atoms. The van der Waals surface area contributed by atoms with Crippen LogP contribution < -0.4 is 16.4 Å². The number of hydrogen-bond acceptors (Lipinski definition) is 4. The van der Waals surface area contributed by atoms with Crippen LogP contribution in [0.1, 0.15) is 39.6 Å². The number of hydrogen-bond donors (Lipinski definition) is 3. The summed E-state index contributed by atoms with van der Waals surface area (Å²) >= 11 is 0. The van der Waals surface area contributed by atoms with E-state index in [-0.39, 0.29) is 18.2 Å². The lowest BCUT2D eigenvalue weighted by atomic mass is 9.93. The van der Waals surface area contributed by atoms with E-state index in [4.69, 9.17) is 5.73 Å². The van der Waals surface area contributed by atoms with Crippen molar-refractivity contribution in [3.05, 3.63) is 119 Å². The molecular formula is C31H24F2N4O3. The molecule has 40 heavy (non-hydrogen) atoms. The molecule has 3 aromatic carbocycles. The van der Waals surface area contributed by atoms with Crippen molar-refractivity contribution in [1.82, 2.24) is 10.3 Å². The number of pyridine rings is 1. The molecule has 4 N–H and O–H groups in total. The predicted octanol–water partition coefficient (Wildman–Crippen LogP) is 4.44. The quantitative estimate of drug-likeness (QED) is 0.323. The first-order chi connectivity index (χ1) is 19.3. The van der Waals surface area contributed by atoms with Gasteiger partial charge in [-0.15, -0.1) is 0 Å². The van der Waals surface area contributed by atoms with E-state index in [0.717, 1.165) is 11.6 Å². The van der Waals surface area contributed by atoms with Crippen molar-refractivity contribution in [2.24, 2.45) is 11.7 Å². The first-order valence-electron chi connectivity index (χ1n) is 12.8. The lowest BCUT2D eigenvalue weighted by molar-refractivity contribution is -0.126. The molecule has 3 atom stereocenters. The highest BCUT2D eigenvalue weighted by Gasteiger charge is 2.67. The van der Waals surface area contributed by atoms with Crippen LogP contribution in [0.4, 0.5) is 14.5 Å². The first-order valence-corrected chi connectivity index (χ1v) is 12.8. The van der Waals surface area contributed by atoms with Crippen LogP contribution in [0.25, 0.3) is 11.1 Å². The molecule has 1 aromatic heterocycles. The van der Waals surface area contributed by atoms with Crippen molar-refractivity contribution in [1.29, 1.82) is 0 Å². The molecule has 3 amide bonds. The number of nitrogens with one attached hydrogen (secondary N) is 2. The summed E-state index contributed by atoms with van der Waals surface area (Å²) in [5, 5.41) is 5.88. The molecule has 2 unspecified atom stereocenters. The minimum atomic E-state index is -0.945. The van der Waals surface area contributed by atoms with Crippen molar-refractivity contribution >= 4 is 23.4 Å². The van der Waals surface area contributed by atoms with Gasteiger partial charge in [-0.05, 0) is 65.9 Å². The van der Waals surface area contributed by atoms with Crippen LogP contribution in [0.3, 0.4) is 0 Å². The van der Waals surface area contributed by atoms with Crippen molar-refractivity contribution < 1.29 is 23.2 Å². The maximum absolute atomic E-state index is 14.1. The third-order valence-electron chi connectivity index (χ3n) is 7.64. The van der Waals surface area contributed by atoms with Gasteiger partial charge in [-0.1, -0.05) is 36.4 Å². The highest BCUT2D eigenvalue weighted by molar-refractivity contribution is 6.12. The molecule has 7 nitrogen and oxygen atoms in total. The second-order valence-corrected chi connectivity index (χ2v) is 10.2. The van der Waals surface area contributed by atoms with Crippen molar-refractivity contribution in [2.45, 2.75) is 24.3 Å². The Kier molecular flexibility index (Phi) is 6.14. The van der Waals surface area contributed by atoms with E-state index in [2.05, 4.69) is 15.6 Å². The Hall–Kier alpha value is -4.92. The summed E-state index contributed by atoms with van der Waals surface area (Å²) in [6.07, 6.45) is 1.93. The Balaban J connectivity index is 1.37. The summed E-state index contributed by atoms with van der Waals surface area (Å²) in [6, 6.07) is 19.9. The van der Waals surface area contributed by atoms with Crippen LogP contribution in [0, 0.1) is 17.6 Å². The first kappa shape index (κ1) is 25.4. The number of fused-ring (bicyclic) bond motifs is 2. The van der Waals surface area contributed by atoms with Crippen molar-refractivity contribution in [3.8, 4) is 11.1 Å². The predicted molar refractivity (Wildman–Crippen MR) is 144 cm³/mol. The lowest BCUT2D eigenvalue weighted by Crippen LogP contribution is -2.35. The van der Waals surface area contributed by atoms with Crippen LogP contribution in [-0.4, -0.2) is 22.7 Å². The number of primary amides is 1. The van der Waals surface area contributed by atoms with Gasteiger partial charge in [0.25, 0.3) is 0 Å². The third-order valence-corrected chi connectivity index (χ3v) is 7.64. The van der Waals surface area contributed by atoms with Crippen LogP contribution in [0.5, 0.6) is 0 Å². The summed E-state index contributed by atoms with van der Waals surface area (Å²) in [5.74, 6) is -3.28. The van der Waals surface area contributed by atoms with Gasteiger partial charge >= 0.3 is 0 Å². The molecule has 200 valence electrons. The number of carbonyl (C=O) groups excluding carboxylic acids is 3. The number of carbonyl (C=O) groups is 3. The topological polar surface area (TPSA) is 114 Å². The maximum Gasteiger partial charge on any atom is 0.248 e. The smallest absolute Gasteiger partial charge is 0.248 e. The van der Waals surface area contributed by atoms with E-state index in [1.54, 1.807) is 48.7 Å². The van der Waals surface area contributed by atoms with Gasteiger partial charge in [-0.3, -0.25) is 19.4 Å². The Labute approximate surface area is 228 Å². The molecule has 1 saturated carbocycles. The molecule has 1 fully saturated rings. The van der Waals surface area contributed by atoms with Crippen LogP contribution in [0.2, 0.25) is 0 Å². The average Bonchev–Trinajstić information content (AvgIpc) is 3.63. The fraction of sp³-hybridized carbons (Fsp3) is 0.161. The van der Waals surface area contributed by atoms with Gasteiger partial charge in [-0.25, -0.2) is 8.78 Å². The summed E-state index contributed by atoms with van der Waals surface area (Å²) < 4.78 is 28.2. The average molecular weight is 539 g/mol. The summed E-state index contributed by atoms with van der Waals surface area (Å²) in [5.41, 5.74) is 8.31. The number of benzene rings is 3. The summed E-state index contributed by atoms with van der Waals surface area (Å²) in [7, 11) is 0. The Morgan fingerprint density at radius 1 is 1.02 bits per heavy atom. The molecule has 1 aliphatic heterocycles. The third kappa shape index (κ3) is 4.39. The molecule has 9 heteroatoms. The molecule has 6 rings (SSSR count). The van der Waals surface area contributed by atoms with Gasteiger partial charge in [0, 0.05) is 29.1 Å². The zero-order chi connectivity index (χ0) is 28.0. The number of amides is 3. The fourth-order valence-electron chi connectivity index (χ4n) is 5.70. The van der Waals surface area contributed by atoms with Crippen LogP contribution >= 0.6 is 0 Å². The number of nitrogens with zero attached hydrogens (tertiary/aromatic N) is 1. The number of halogens is 2. The molecule has 2 aliphatic rings. The normalized spacial score (nSPS) is 19.6. The van der Waals surface area contributed by atoms with Gasteiger partial charge in [-0.2, -0.15) is 0 Å².